The van der Waals surface area contributed by atoms with Crippen LogP contribution in [0.2, 0.25) is 0 Å². The van der Waals surface area contributed by atoms with Crippen molar-refractivity contribution >= 4 is 17.9 Å². The summed E-state index contributed by atoms with van der Waals surface area (Å²) < 4.78 is 22.0. The summed E-state index contributed by atoms with van der Waals surface area (Å²) in [5.74, 6) is 0.329. The van der Waals surface area contributed by atoms with Crippen LogP contribution in [-0.2, 0) is 33.3 Å². The van der Waals surface area contributed by atoms with Gasteiger partial charge in [0.1, 0.15) is 6.10 Å². The Balaban J connectivity index is 1.22. The first-order valence-corrected chi connectivity index (χ1v) is 16.4. The molecule has 9 nitrogen and oxygen atoms in total. The third-order valence-electron chi connectivity index (χ3n) is 12.4. The van der Waals surface area contributed by atoms with Crippen molar-refractivity contribution in [2.45, 2.75) is 136 Å². The number of esters is 3. The van der Waals surface area contributed by atoms with Crippen molar-refractivity contribution < 1.29 is 43.5 Å². The molecule has 13 atom stereocenters. The minimum absolute atomic E-state index is 0.0170. The Bertz CT molecular complexity index is 1020. The van der Waals surface area contributed by atoms with Crippen molar-refractivity contribution in [3.8, 4) is 0 Å². The quantitative estimate of drug-likeness (QED) is 0.323. The second kappa shape index (κ2) is 12.4. The molecule has 0 aromatic rings. The lowest BCUT2D eigenvalue weighted by Gasteiger charge is -2.63. The van der Waals surface area contributed by atoms with Crippen LogP contribution < -0.4 is 0 Å². The van der Waals surface area contributed by atoms with E-state index in [1.54, 1.807) is 0 Å². The van der Waals surface area contributed by atoms with Gasteiger partial charge in [0.25, 0.3) is 0 Å². The molecule has 4 aliphatic carbocycles. The molecule has 238 valence electrons. The lowest BCUT2D eigenvalue weighted by atomic mass is 9.43. The molecule has 5 fully saturated rings. The van der Waals surface area contributed by atoms with E-state index in [4.69, 9.17) is 18.9 Å². The van der Waals surface area contributed by atoms with E-state index in [0.29, 0.717) is 25.9 Å². The summed E-state index contributed by atoms with van der Waals surface area (Å²) in [6.45, 7) is 10.0. The molecule has 42 heavy (non-hydrogen) atoms. The topological polar surface area (TPSA) is 129 Å². The Morgan fingerprint density at radius 2 is 1.67 bits per heavy atom. The summed E-state index contributed by atoms with van der Waals surface area (Å²) in [6, 6.07) is 0. The molecule has 5 aliphatic rings. The third-order valence-corrected chi connectivity index (χ3v) is 12.4. The highest BCUT2D eigenvalue weighted by molar-refractivity contribution is 5.70. The molecule has 0 bridgehead atoms. The van der Waals surface area contributed by atoms with Crippen molar-refractivity contribution in [2.75, 3.05) is 6.61 Å². The Kier molecular flexibility index (Phi) is 9.32. The summed E-state index contributed by atoms with van der Waals surface area (Å²) >= 11 is 0. The molecule has 9 heteroatoms. The van der Waals surface area contributed by atoms with Crippen LogP contribution in [0.5, 0.6) is 0 Å². The highest BCUT2D eigenvalue weighted by Gasteiger charge is 2.65. The third kappa shape index (κ3) is 5.86. The molecular weight excluding hydrogens is 540 g/mol. The van der Waals surface area contributed by atoms with Gasteiger partial charge in [0.2, 0.25) is 6.29 Å². The van der Waals surface area contributed by atoms with E-state index in [2.05, 4.69) is 20.8 Å². The number of hydrogen-bond acceptors (Lipinski definition) is 9. The average molecular weight is 593 g/mol. The molecule has 0 aromatic carbocycles. The van der Waals surface area contributed by atoms with Crippen LogP contribution in [0.15, 0.2) is 0 Å². The molecular formula is C33H52O9. The number of rotatable bonds is 7. The molecule has 2 N–H and O–H groups in total. The maximum atomic E-state index is 12.8. The van der Waals surface area contributed by atoms with Crippen molar-refractivity contribution in [1.82, 2.24) is 0 Å². The van der Waals surface area contributed by atoms with Gasteiger partial charge < -0.3 is 29.2 Å². The van der Waals surface area contributed by atoms with E-state index in [9.17, 15) is 24.6 Å². The zero-order valence-electron chi connectivity index (χ0n) is 26.1. The number of aliphatic hydroxyl groups is 2. The smallest absolute Gasteiger partial charge is 0.306 e. The normalized spacial score (nSPS) is 45.5. The van der Waals surface area contributed by atoms with Gasteiger partial charge in [0.15, 0.2) is 6.10 Å². The first-order chi connectivity index (χ1) is 19.8. The van der Waals surface area contributed by atoms with Crippen LogP contribution in [0.1, 0.15) is 105 Å². The van der Waals surface area contributed by atoms with Crippen LogP contribution in [-0.4, -0.2) is 65.4 Å². The highest BCUT2D eigenvalue weighted by Crippen LogP contribution is 2.68. The van der Waals surface area contributed by atoms with Gasteiger partial charge in [-0.3, -0.25) is 14.4 Å². The van der Waals surface area contributed by atoms with Crippen molar-refractivity contribution in [1.29, 1.82) is 0 Å². The minimum Gasteiger partial charge on any atom is -0.463 e. The number of aliphatic hydroxyl groups excluding tert-OH is 2. The highest BCUT2D eigenvalue weighted by atomic mass is 16.7. The van der Waals surface area contributed by atoms with Gasteiger partial charge >= 0.3 is 17.9 Å². The van der Waals surface area contributed by atoms with E-state index in [0.717, 1.165) is 44.9 Å². The van der Waals surface area contributed by atoms with E-state index >= 15 is 0 Å². The molecule has 3 unspecified atom stereocenters. The SMILES string of the molecule is CC(=O)O[C@@H]1CC[C@@]2(C)[C@H](CC(O)C3C4CC[C@H]([C@H](C)CCC(=O)O[C@@H]5CCCO[C@H]5OC(C)=O)[C@@]4(C)[C@@H](O)C[C@@H]32)C1. The van der Waals surface area contributed by atoms with Crippen LogP contribution in [0.25, 0.3) is 0 Å². The molecule has 1 saturated heterocycles. The lowest BCUT2D eigenvalue weighted by molar-refractivity contribution is -0.224. The van der Waals surface area contributed by atoms with Gasteiger partial charge in [-0.25, -0.2) is 0 Å². The standard InChI is InChI=1S/C33H52O9/c1-18(8-11-29(38)42-27-7-6-14-39-31(27)41-20(3)35)23-9-10-24-30-25(17-28(37)33(23,24)5)32(4)13-12-22(40-19(2)34)15-21(32)16-26(30)36/h18,21-28,30-31,36-37H,6-17H2,1-5H3/t18-,21+,22-,23-,24?,25+,26?,27-,28+,30?,31+,32+,33-/m1/s1. The number of carbonyl (C=O) groups excluding carboxylic acids is 3. The van der Waals surface area contributed by atoms with E-state index < -0.39 is 30.6 Å². The maximum absolute atomic E-state index is 12.8. The van der Waals surface area contributed by atoms with Gasteiger partial charge in [-0.05, 0) is 111 Å². The van der Waals surface area contributed by atoms with Gasteiger partial charge in [-0.1, -0.05) is 20.8 Å². The van der Waals surface area contributed by atoms with Gasteiger partial charge in [-0.15, -0.1) is 0 Å². The zero-order valence-corrected chi connectivity index (χ0v) is 26.1. The Hall–Kier alpha value is -1.71. The summed E-state index contributed by atoms with van der Waals surface area (Å²) in [4.78, 5) is 35.9. The Morgan fingerprint density at radius 3 is 2.38 bits per heavy atom. The second-order valence-electron chi connectivity index (χ2n) is 14.6. The van der Waals surface area contributed by atoms with Crippen LogP contribution in [0.4, 0.5) is 0 Å². The molecule has 1 heterocycles. The lowest BCUT2D eigenvalue weighted by Crippen LogP contribution is -2.62. The molecule has 5 rings (SSSR count). The van der Waals surface area contributed by atoms with Crippen molar-refractivity contribution in [3.63, 3.8) is 0 Å². The van der Waals surface area contributed by atoms with Crippen molar-refractivity contribution in [3.05, 3.63) is 0 Å². The predicted octanol–water partition coefficient (Wildman–Crippen LogP) is 4.55. The molecule has 0 radical (unpaired) electrons. The molecule has 0 amide bonds. The molecule has 0 aromatic heterocycles. The zero-order chi connectivity index (χ0) is 30.4. The van der Waals surface area contributed by atoms with Crippen LogP contribution >= 0.6 is 0 Å². The van der Waals surface area contributed by atoms with Crippen LogP contribution in [0, 0.1) is 46.3 Å². The van der Waals surface area contributed by atoms with Gasteiger partial charge in [0.05, 0.1) is 18.8 Å². The first-order valence-electron chi connectivity index (χ1n) is 16.4. The Morgan fingerprint density at radius 1 is 0.929 bits per heavy atom. The summed E-state index contributed by atoms with van der Waals surface area (Å²) in [7, 11) is 0. The average Bonchev–Trinajstić information content (AvgIpc) is 3.28. The maximum Gasteiger partial charge on any atom is 0.306 e. The number of hydrogen-bond donors (Lipinski definition) is 2. The second-order valence-corrected chi connectivity index (χ2v) is 14.6. The number of ether oxygens (including phenoxy) is 4. The fraction of sp³-hybridized carbons (Fsp3) is 0.909. The largest absolute Gasteiger partial charge is 0.463 e. The van der Waals surface area contributed by atoms with E-state index in [-0.39, 0.29) is 70.8 Å². The van der Waals surface area contributed by atoms with E-state index in [1.807, 2.05) is 0 Å². The summed E-state index contributed by atoms with van der Waals surface area (Å²) in [5, 5.41) is 23.5. The molecule has 4 saturated carbocycles. The van der Waals surface area contributed by atoms with Crippen molar-refractivity contribution in [2.24, 2.45) is 46.3 Å². The first kappa shape index (κ1) is 31.7. The van der Waals surface area contributed by atoms with E-state index in [1.165, 1.54) is 13.8 Å². The molecule has 0 spiro atoms. The number of fused-ring (bicyclic) bond motifs is 5. The monoisotopic (exact) mass is 592 g/mol. The fourth-order valence-electron chi connectivity index (χ4n) is 10.3. The fourth-order valence-corrected chi connectivity index (χ4v) is 10.3. The van der Waals surface area contributed by atoms with Crippen LogP contribution in [0.3, 0.4) is 0 Å². The Labute approximate surface area is 250 Å². The number of carbonyl (C=O) groups is 3. The summed E-state index contributed by atoms with van der Waals surface area (Å²) in [5.41, 5.74) is -0.301. The predicted molar refractivity (Wildman–Crippen MR) is 153 cm³/mol. The summed E-state index contributed by atoms with van der Waals surface area (Å²) in [6.07, 6.45) is 5.79. The van der Waals surface area contributed by atoms with Gasteiger partial charge in [-0.2, -0.15) is 0 Å². The minimum atomic E-state index is -0.849. The molecule has 1 aliphatic heterocycles. The van der Waals surface area contributed by atoms with Gasteiger partial charge in [0, 0.05) is 20.3 Å².